The Morgan fingerprint density at radius 1 is 0.952 bits per heavy atom. The van der Waals surface area contributed by atoms with E-state index in [0.717, 1.165) is 12.0 Å². The topological polar surface area (TPSA) is 34.1 Å². The highest BCUT2D eigenvalue weighted by molar-refractivity contribution is 6.17. The van der Waals surface area contributed by atoms with Gasteiger partial charge in [0.25, 0.3) is 0 Å². The van der Waals surface area contributed by atoms with E-state index in [9.17, 15) is 9.59 Å². The van der Waals surface area contributed by atoms with Gasteiger partial charge in [-0.05, 0) is 11.8 Å². The van der Waals surface area contributed by atoms with Crippen LogP contribution in [0.25, 0.3) is 0 Å². The fraction of sp³-hybridized carbons (Fsp3) is 0.368. The van der Waals surface area contributed by atoms with E-state index in [1.807, 2.05) is 30.4 Å². The number of allylic oxidation sites excluding steroid dienone is 4. The van der Waals surface area contributed by atoms with Gasteiger partial charge in [-0.1, -0.05) is 68.8 Å². The molecule has 0 spiro atoms. The third kappa shape index (κ3) is 2.51. The van der Waals surface area contributed by atoms with Crippen LogP contribution in [0.2, 0.25) is 0 Å². The van der Waals surface area contributed by atoms with Crippen LogP contribution in [0.4, 0.5) is 0 Å². The molecule has 21 heavy (non-hydrogen) atoms. The molecule has 108 valence electrons. The number of carbonyl (C=O) groups excluding carboxylic acids is 2. The molecule has 2 aliphatic carbocycles. The molecule has 0 saturated heterocycles. The fourth-order valence-electron chi connectivity index (χ4n) is 3.23. The van der Waals surface area contributed by atoms with Crippen molar-refractivity contribution >= 4 is 11.6 Å². The fourth-order valence-corrected chi connectivity index (χ4v) is 3.23. The second-order valence-corrected chi connectivity index (χ2v) is 7.16. The molecule has 0 aliphatic heterocycles. The SMILES string of the molecule is CC(C)(C)CC1=CC2C(=O)c3ccccc3C(=O)C2C=C1. The van der Waals surface area contributed by atoms with Crippen LogP contribution in [0.15, 0.2) is 48.1 Å². The highest BCUT2D eigenvalue weighted by Crippen LogP contribution is 2.37. The van der Waals surface area contributed by atoms with Gasteiger partial charge in [-0.15, -0.1) is 0 Å². The van der Waals surface area contributed by atoms with Crippen LogP contribution in [-0.4, -0.2) is 11.6 Å². The summed E-state index contributed by atoms with van der Waals surface area (Å²) >= 11 is 0. The normalized spacial score (nSPS) is 24.4. The zero-order chi connectivity index (χ0) is 15.2. The number of ketones is 2. The first kappa shape index (κ1) is 14.0. The highest BCUT2D eigenvalue weighted by Gasteiger charge is 2.40. The predicted octanol–water partition coefficient (Wildman–Crippen LogP) is 4.23. The lowest BCUT2D eigenvalue weighted by molar-refractivity contribution is 0.0800. The summed E-state index contributed by atoms with van der Waals surface area (Å²) in [4.78, 5) is 25.2. The second kappa shape index (κ2) is 4.80. The maximum Gasteiger partial charge on any atom is 0.171 e. The minimum atomic E-state index is -0.324. The molecule has 0 saturated carbocycles. The summed E-state index contributed by atoms with van der Waals surface area (Å²) in [6, 6.07) is 7.16. The van der Waals surface area contributed by atoms with Gasteiger partial charge < -0.3 is 0 Å². The summed E-state index contributed by atoms with van der Waals surface area (Å²) in [5, 5.41) is 0. The lowest BCUT2D eigenvalue weighted by Gasteiger charge is -2.31. The molecule has 0 amide bonds. The Morgan fingerprint density at radius 2 is 1.52 bits per heavy atom. The zero-order valence-corrected chi connectivity index (χ0v) is 12.7. The molecule has 2 aliphatic rings. The second-order valence-electron chi connectivity index (χ2n) is 7.16. The molecular weight excluding hydrogens is 260 g/mol. The van der Waals surface area contributed by atoms with E-state index in [0.29, 0.717) is 11.1 Å². The standard InChI is InChI=1S/C19H20O2/c1-19(2,3)11-12-8-9-15-16(10-12)18(21)14-7-5-4-6-13(14)17(15)20/h4-10,15-16H,11H2,1-3H3. The van der Waals surface area contributed by atoms with E-state index in [2.05, 4.69) is 20.8 Å². The summed E-state index contributed by atoms with van der Waals surface area (Å²) in [6.07, 6.45) is 6.86. The molecule has 2 unspecified atom stereocenters. The number of Topliss-reactive ketones (excluding diaryl/α,β-unsaturated/α-hetero) is 2. The van der Waals surface area contributed by atoms with Crippen LogP contribution >= 0.6 is 0 Å². The van der Waals surface area contributed by atoms with Crippen molar-refractivity contribution < 1.29 is 9.59 Å². The van der Waals surface area contributed by atoms with Gasteiger partial charge in [-0.25, -0.2) is 0 Å². The molecule has 0 heterocycles. The van der Waals surface area contributed by atoms with Gasteiger partial charge in [0.05, 0.1) is 11.8 Å². The van der Waals surface area contributed by atoms with E-state index in [1.165, 1.54) is 0 Å². The Balaban J connectivity index is 2.00. The Morgan fingerprint density at radius 3 is 2.10 bits per heavy atom. The van der Waals surface area contributed by atoms with Crippen molar-refractivity contribution in [3.05, 3.63) is 59.2 Å². The molecule has 3 rings (SSSR count). The van der Waals surface area contributed by atoms with Crippen molar-refractivity contribution in [1.29, 1.82) is 0 Å². The van der Waals surface area contributed by atoms with E-state index < -0.39 is 0 Å². The van der Waals surface area contributed by atoms with Gasteiger partial charge in [0.1, 0.15) is 0 Å². The number of rotatable bonds is 1. The van der Waals surface area contributed by atoms with Crippen LogP contribution in [0.1, 0.15) is 47.9 Å². The number of benzene rings is 1. The van der Waals surface area contributed by atoms with Crippen LogP contribution < -0.4 is 0 Å². The molecular formula is C19H20O2. The van der Waals surface area contributed by atoms with Crippen LogP contribution in [0, 0.1) is 17.3 Å². The number of carbonyl (C=O) groups is 2. The molecule has 1 aromatic rings. The van der Waals surface area contributed by atoms with Gasteiger partial charge in [0.2, 0.25) is 0 Å². The first-order valence-electron chi connectivity index (χ1n) is 7.43. The van der Waals surface area contributed by atoms with Crippen molar-refractivity contribution in [2.45, 2.75) is 27.2 Å². The average Bonchev–Trinajstić information content (AvgIpc) is 2.43. The minimum Gasteiger partial charge on any atom is -0.293 e. The van der Waals surface area contributed by atoms with E-state index in [-0.39, 0.29) is 28.8 Å². The summed E-state index contributed by atoms with van der Waals surface area (Å²) in [5.41, 5.74) is 2.47. The maximum absolute atomic E-state index is 12.7. The van der Waals surface area contributed by atoms with Crippen molar-refractivity contribution in [3.8, 4) is 0 Å². The Bertz CT molecular complexity index is 671. The first-order chi connectivity index (χ1) is 9.87. The van der Waals surface area contributed by atoms with Gasteiger partial charge in [0.15, 0.2) is 11.6 Å². The molecule has 0 N–H and O–H groups in total. The molecule has 1 aromatic carbocycles. The van der Waals surface area contributed by atoms with E-state index in [4.69, 9.17) is 0 Å². The Kier molecular flexibility index (Phi) is 3.20. The van der Waals surface area contributed by atoms with Crippen molar-refractivity contribution in [3.63, 3.8) is 0 Å². The van der Waals surface area contributed by atoms with Crippen molar-refractivity contribution in [2.75, 3.05) is 0 Å². The number of hydrogen-bond donors (Lipinski definition) is 0. The summed E-state index contributed by atoms with van der Waals surface area (Å²) in [5.74, 6) is -0.505. The van der Waals surface area contributed by atoms with Gasteiger partial charge in [-0.3, -0.25) is 9.59 Å². The van der Waals surface area contributed by atoms with Crippen molar-refractivity contribution in [2.24, 2.45) is 17.3 Å². The van der Waals surface area contributed by atoms with E-state index >= 15 is 0 Å². The van der Waals surface area contributed by atoms with Crippen LogP contribution in [0.3, 0.4) is 0 Å². The molecule has 0 fully saturated rings. The molecule has 2 nitrogen and oxygen atoms in total. The molecule has 2 heteroatoms. The third-order valence-corrected chi connectivity index (χ3v) is 4.10. The largest absolute Gasteiger partial charge is 0.293 e. The highest BCUT2D eigenvalue weighted by atomic mass is 16.1. The first-order valence-corrected chi connectivity index (χ1v) is 7.43. The molecule has 2 atom stereocenters. The Labute approximate surface area is 125 Å². The smallest absolute Gasteiger partial charge is 0.171 e. The minimum absolute atomic E-state index is 0.0671. The van der Waals surface area contributed by atoms with Gasteiger partial charge >= 0.3 is 0 Å². The van der Waals surface area contributed by atoms with Crippen LogP contribution in [0.5, 0.6) is 0 Å². The summed E-state index contributed by atoms with van der Waals surface area (Å²) < 4.78 is 0. The Hall–Kier alpha value is -1.96. The molecule has 0 aromatic heterocycles. The van der Waals surface area contributed by atoms with Gasteiger partial charge in [0, 0.05) is 11.1 Å². The zero-order valence-electron chi connectivity index (χ0n) is 12.7. The summed E-state index contributed by atoms with van der Waals surface area (Å²) in [7, 11) is 0. The monoisotopic (exact) mass is 280 g/mol. The lowest BCUT2D eigenvalue weighted by atomic mass is 9.70. The maximum atomic E-state index is 12.7. The average molecular weight is 280 g/mol. The number of fused-ring (bicyclic) bond motifs is 2. The van der Waals surface area contributed by atoms with Gasteiger partial charge in [-0.2, -0.15) is 0 Å². The quantitative estimate of drug-likeness (QED) is 0.771. The van der Waals surface area contributed by atoms with E-state index in [1.54, 1.807) is 12.1 Å². The lowest BCUT2D eigenvalue weighted by Crippen LogP contribution is -2.35. The number of hydrogen-bond acceptors (Lipinski definition) is 2. The summed E-state index contributed by atoms with van der Waals surface area (Å²) in [6.45, 7) is 6.53. The van der Waals surface area contributed by atoms with Crippen LogP contribution in [-0.2, 0) is 0 Å². The van der Waals surface area contributed by atoms with Crippen molar-refractivity contribution in [1.82, 2.24) is 0 Å². The molecule has 0 bridgehead atoms. The molecule has 0 radical (unpaired) electrons. The predicted molar refractivity (Wildman–Crippen MR) is 83.4 cm³/mol. The third-order valence-electron chi connectivity index (χ3n) is 4.10.